The number of carbonyl (C=O) groups is 1. The first kappa shape index (κ1) is 25.2. The number of aliphatic carboxylic acids is 1. The van der Waals surface area contributed by atoms with Crippen molar-refractivity contribution in [3.05, 3.63) is 12.2 Å². The van der Waals surface area contributed by atoms with Gasteiger partial charge in [-0.15, -0.1) is 0 Å². The predicted molar refractivity (Wildman–Crippen MR) is 130 cm³/mol. The van der Waals surface area contributed by atoms with Gasteiger partial charge in [0.05, 0.1) is 28.7 Å². The second-order valence-electron chi connectivity index (χ2n) is 8.50. The summed E-state index contributed by atoms with van der Waals surface area (Å²) in [5, 5.41) is 15.4. The molecular weight excluding hydrogens is 416 g/mol. The smallest absolute Gasteiger partial charge is 0.303 e. The van der Waals surface area contributed by atoms with Gasteiger partial charge in [0.2, 0.25) is 0 Å². The molecule has 0 aromatic heterocycles. The van der Waals surface area contributed by atoms with Gasteiger partial charge in [-0.1, -0.05) is 62.8 Å². The van der Waals surface area contributed by atoms with Gasteiger partial charge in [0.25, 0.3) is 0 Å². The minimum absolute atomic E-state index is 0.238. The fourth-order valence-corrected chi connectivity index (χ4v) is 4.87. The van der Waals surface area contributed by atoms with E-state index in [1.54, 1.807) is 0 Å². The van der Waals surface area contributed by atoms with Crippen LogP contribution in [-0.4, -0.2) is 46.4 Å². The molecule has 30 heavy (non-hydrogen) atoms. The monoisotopic (exact) mass is 454 g/mol. The van der Waals surface area contributed by atoms with E-state index in [1.807, 2.05) is 0 Å². The molecule has 0 aromatic rings. The molecule has 0 unspecified atom stereocenters. The van der Waals surface area contributed by atoms with Gasteiger partial charge in [0, 0.05) is 18.9 Å². The number of rotatable bonds is 15. The average Bonchev–Trinajstić information content (AvgIpc) is 3.32. The maximum absolute atomic E-state index is 10.6. The van der Waals surface area contributed by atoms with Crippen LogP contribution in [0.3, 0.4) is 0 Å². The van der Waals surface area contributed by atoms with Gasteiger partial charge in [-0.3, -0.25) is 4.79 Å². The first-order valence-corrected chi connectivity index (χ1v) is 12.4. The molecule has 2 fully saturated rings. The molecule has 2 saturated heterocycles. The van der Waals surface area contributed by atoms with E-state index >= 15 is 0 Å². The van der Waals surface area contributed by atoms with Crippen LogP contribution in [0.25, 0.3) is 0 Å². The molecule has 2 rings (SSSR count). The van der Waals surface area contributed by atoms with Crippen molar-refractivity contribution in [1.82, 2.24) is 10.6 Å². The van der Waals surface area contributed by atoms with Crippen molar-refractivity contribution in [3.63, 3.8) is 0 Å². The lowest BCUT2D eigenvalue weighted by molar-refractivity contribution is -0.137. The quantitative estimate of drug-likeness (QED) is 0.187. The third-order valence-corrected chi connectivity index (χ3v) is 6.80. The zero-order valence-electron chi connectivity index (χ0n) is 18.2. The van der Waals surface area contributed by atoms with Crippen molar-refractivity contribution in [2.24, 2.45) is 11.8 Å². The van der Waals surface area contributed by atoms with Crippen molar-refractivity contribution in [2.75, 3.05) is 13.1 Å². The Morgan fingerprint density at radius 1 is 1.00 bits per heavy atom. The third-order valence-electron chi connectivity index (χ3n) is 6.17. The summed E-state index contributed by atoms with van der Waals surface area (Å²) >= 11 is 10.9. The number of hydrogen-bond donors (Lipinski definition) is 3. The molecule has 7 heteroatoms. The normalized spacial score (nSPS) is 25.0. The number of carboxylic acid groups (broad SMARTS) is 1. The van der Waals surface area contributed by atoms with Gasteiger partial charge >= 0.3 is 5.97 Å². The van der Waals surface area contributed by atoms with Crippen LogP contribution in [0.15, 0.2) is 12.2 Å². The first-order chi connectivity index (χ1) is 14.5. The van der Waals surface area contributed by atoms with Gasteiger partial charge in [0.15, 0.2) is 0 Å². The summed E-state index contributed by atoms with van der Waals surface area (Å²) in [6.45, 7) is 3.67. The largest absolute Gasteiger partial charge is 0.481 e. The molecule has 0 amide bonds. The minimum Gasteiger partial charge on any atom is -0.481 e. The Morgan fingerprint density at radius 3 is 2.50 bits per heavy atom. The van der Waals surface area contributed by atoms with E-state index in [9.17, 15) is 4.79 Å². The standard InChI is InChI=1S/C23H38N2O3S2/c1-2-3-4-8-11-21(29)25-16-22(30)24-15-18-17(19-13-14-20(18)28-19)10-7-5-6-9-12-23(26)27/h5,7,17-20H,2-4,6,8-16H2,1H3,(H,24,30)(H,25,29)(H,26,27)/b7-5-/t17-,18+,19-,20+/m1/s1. The van der Waals surface area contributed by atoms with Crippen LogP contribution in [0.5, 0.6) is 0 Å². The van der Waals surface area contributed by atoms with Gasteiger partial charge in [-0.2, -0.15) is 0 Å². The predicted octanol–water partition coefficient (Wildman–Crippen LogP) is 4.79. The van der Waals surface area contributed by atoms with Gasteiger partial charge < -0.3 is 20.5 Å². The molecule has 4 atom stereocenters. The van der Waals surface area contributed by atoms with E-state index in [-0.39, 0.29) is 6.42 Å². The highest BCUT2D eigenvalue weighted by molar-refractivity contribution is 7.80. The van der Waals surface area contributed by atoms with E-state index in [0.29, 0.717) is 37.0 Å². The molecule has 0 spiro atoms. The number of allylic oxidation sites excluding steroid dienone is 2. The highest BCUT2D eigenvalue weighted by Crippen LogP contribution is 2.44. The Bertz CT molecular complexity index is 597. The van der Waals surface area contributed by atoms with E-state index in [0.717, 1.165) is 55.0 Å². The van der Waals surface area contributed by atoms with Crippen LogP contribution < -0.4 is 10.6 Å². The maximum Gasteiger partial charge on any atom is 0.303 e. The number of nitrogens with one attached hydrogen (secondary N) is 2. The van der Waals surface area contributed by atoms with Crippen molar-refractivity contribution in [2.45, 2.75) is 89.8 Å². The third kappa shape index (κ3) is 8.98. The lowest BCUT2D eigenvalue weighted by Crippen LogP contribution is -2.41. The lowest BCUT2D eigenvalue weighted by atomic mass is 9.77. The molecule has 0 saturated carbocycles. The van der Waals surface area contributed by atoms with Gasteiger partial charge in [-0.25, -0.2) is 0 Å². The summed E-state index contributed by atoms with van der Waals surface area (Å²) < 4.78 is 6.17. The topological polar surface area (TPSA) is 70.6 Å². The lowest BCUT2D eigenvalue weighted by Gasteiger charge is -2.28. The molecular formula is C23H38N2O3S2. The molecule has 0 radical (unpaired) electrons. The molecule has 2 heterocycles. The first-order valence-electron chi connectivity index (χ1n) is 11.6. The number of ether oxygens (including phenoxy) is 1. The second-order valence-corrected chi connectivity index (χ2v) is 9.49. The number of fused-ring (bicyclic) bond motifs is 2. The van der Waals surface area contributed by atoms with Crippen molar-refractivity contribution in [3.8, 4) is 0 Å². The Kier molecular flexibility index (Phi) is 11.8. The Hall–Kier alpha value is -1.05. The molecule has 0 aromatic carbocycles. The minimum atomic E-state index is -0.723. The number of hydrogen-bond acceptors (Lipinski definition) is 4. The van der Waals surface area contributed by atoms with Crippen LogP contribution in [0, 0.1) is 11.8 Å². The van der Waals surface area contributed by atoms with Crippen LogP contribution in [0.2, 0.25) is 0 Å². The molecule has 2 aliphatic heterocycles. The van der Waals surface area contributed by atoms with Crippen molar-refractivity contribution in [1.29, 1.82) is 0 Å². The Morgan fingerprint density at radius 2 is 1.77 bits per heavy atom. The zero-order valence-corrected chi connectivity index (χ0v) is 19.9. The molecule has 5 nitrogen and oxygen atoms in total. The number of carboxylic acids is 1. The van der Waals surface area contributed by atoms with Crippen molar-refractivity contribution >= 4 is 40.4 Å². The van der Waals surface area contributed by atoms with Crippen molar-refractivity contribution < 1.29 is 14.6 Å². The van der Waals surface area contributed by atoms with E-state index in [1.165, 1.54) is 19.3 Å². The fraction of sp³-hybridized carbons (Fsp3) is 0.783. The maximum atomic E-state index is 10.6. The Labute approximate surface area is 192 Å². The molecule has 3 N–H and O–H groups in total. The number of thiocarbonyl (C=S) groups is 2. The highest BCUT2D eigenvalue weighted by Gasteiger charge is 2.47. The van der Waals surface area contributed by atoms with E-state index < -0.39 is 5.97 Å². The number of unbranched alkanes of at least 4 members (excludes halogenated alkanes) is 4. The molecule has 2 aliphatic rings. The summed E-state index contributed by atoms with van der Waals surface area (Å²) in [6, 6.07) is 0. The highest BCUT2D eigenvalue weighted by atomic mass is 32.1. The molecule has 170 valence electrons. The summed E-state index contributed by atoms with van der Waals surface area (Å²) in [6.07, 6.45) is 15.9. The van der Waals surface area contributed by atoms with Gasteiger partial charge in [-0.05, 0) is 50.9 Å². The summed E-state index contributed by atoms with van der Waals surface area (Å²) in [4.78, 5) is 12.3. The zero-order chi connectivity index (χ0) is 21.8. The summed E-state index contributed by atoms with van der Waals surface area (Å²) in [5.41, 5.74) is 0. The molecule has 2 bridgehead atoms. The van der Waals surface area contributed by atoms with Crippen LogP contribution >= 0.6 is 24.4 Å². The summed E-state index contributed by atoms with van der Waals surface area (Å²) in [7, 11) is 0. The van der Waals surface area contributed by atoms with Gasteiger partial charge in [0.1, 0.15) is 0 Å². The SMILES string of the molecule is CCCCCCC(=S)NCC(=S)NC[C@H]1[C@@H](C/C=C\CCCC(=O)O)[C@H]2CC[C@@H]1O2. The van der Waals surface area contributed by atoms with Crippen LogP contribution in [0.4, 0.5) is 0 Å². The summed E-state index contributed by atoms with van der Waals surface area (Å²) in [5.74, 6) is 0.271. The van der Waals surface area contributed by atoms with Crippen LogP contribution in [0.1, 0.15) is 77.6 Å². The van der Waals surface area contributed by atoms with E-state index in [2.05, 4.69) is 29.7 Å². The average molecular weight is 455 g/mol. The fourth-order valence-electron chi connectivity index (χ4n) is 4.50. The molecule has 0 aliphatic carbocycles. The Balaban J connectivity index is 1.66. The second kappa shape index (κ2) is 14.1. The van der Waals surface area contributed by atoms with Crippen LogP contribution in [-0.2, 0) is 9.53 Å². The van der Waals surface area contributed by atoms with E-state index in [4.69, 9.17) is 34.3 Å².